The minimum absolute atomic E-state index is 0. The van der Waals surface area contributed by atoms with Crippen LogP contribution in [0.3, 0.4) is 0 Å². The molecule has 2 heteroatoms. The molecule has 58 valence electrons. The summed E-state index contributed by atoms with van der Waals surface area (Å²) in [6.07, 6.45) is 3.49. The summed E-state index contributed by atoms with van der Waals surface area (Å²) >= 11 is 0. The molecule has 2 rings (SSSR count). The van der Waals surface area contributed by atoms with Gasteiger partial charge in [-0.05, 0) is 19.1 Å². The molecule has 11 heavy (non-hydrogen) atoms. The van der Waals surface area contributed by atoms with Crippen LogP contribution in [0.1, 0.15) is 13.2 Å². The number of hydrogen-bond donors (Lipinski definition) is 0. The highest BCUT2D eigenvalue weighted by molar-refractivity contribution is 5.76. The van der Waals surface area contributed by atoms with Gasteiger partial charge in [-0.15, -0.1) is 0 Å². The Morgan fingerprint density at radius 1 is 1.45 bits per heavy atom. The average molecular weight is 149 g/mol. The monoisotopic (exact) mass is 149 g/mol. The summed E-state index contributed by atoms with van der Waals surface area (Å²) in [6, 6.07) is 3.93. The number of nitrogens with zero attached hydrogens (tertiary/aromatic N) is 1. The van der Waals surface area contributed by atoms with Gasteiger partial charge in [0.15, 0.2) is 5.58 Å². The van der Waals surface area contributed by atoms with Crippen LogP contribution in [-0.2, 0) is 0 Å². The fraction of sp³-hybridized carbons (Fsp3) is 0.222. The summed E-state index contributed by atoms with van der Waals surface area (Å²) < 4.78 is 5.31. The normalized spacial score (nSPS) is 9.55. The molecule has 2 aromatic heterocycles. The van der Waals surface area contributed by atoms with Gasteiger partial charge in [0.1, 0.15) is 5.76 Å². The second-order valence-electron chi connectivity index (χ2n) is 2.27. The molecule has 0 N–H and O–H groups in total. The lowest BCUT2D eigenvalue weighted by atomic mass is 10.3. The topological polar surface area (TPSA) is 26.0 Å². The Morgan fingerprint density at radius 3 is 3.00 bits per heavy atom. The molecule has 0 bridgehead atoms. The Morgan fingerprint density at radius 2 is 2.27 bits per heavy atom. The summed E-state index contributed by atoms with van der Waals surface area (Å²) in [4.78, 5) is 3.93. The standard InChI is InChI=1S/C8H7NO.CH4/c1-6-4-7-2-3-9-5-8(7)10-6;/h2-5H,1H3;1H4. The Balaban J connectivity index is 0.000000605. The lowest BCUT2D eigenvalue weighted by molar-refractivity contribution is 0.577. The SMILES string of the molecule is C.Cc1cc2ccncc2o1. The van der Waals surface area contributed by atoms with Gasteiger partial charge in [-0.2, -0.15) is 0 Å². The third-order valence-electron chi connectivity index (χ3n) is 1.45. The summed E-state index contributed by atoms with van der Waals surface area (Å²) in [6.45, 7) is 1.93. The van der Waals surface area contributed by atoms with Crippen LogP contribution in [0.4, 0.5) is 0 Å². The van der Waals surface area contributed by atoms with Gasteiger partial charge in [-0.3, -0.25) is 4.98 Å². The van der Waals surface area contributed by atoms with E-state index in [2.05, 4.69) is 4.98 Å². The van der Waals surface area contributed by atoms with Crippen LogP contribution in [0.15, 0.2) is 28.9 Å². The highest BCUT2D eigenvalue weighted by Crippen LogP contribution is 2.15. The fourth-order valence-corrected chi connectivity index (χ4v) is 1.02. The number of hydrogen-bond acceptors (Lipinski definition) is 2. The van der Waals surface area contributed by atoms with Crippen LogP contribution in [0.25, 0.3) is 11.0 Å². The molecule has 0 spiro atoms. The molecule has 0 saturated carbocycles. The first kappa shape index (κ1) is 7.79. The van der Waals surface area contributed by atoms with Crippen molar-refractivity contribution in [2.75, 3.05) is 0 Å². The molecular formula is C9H11NO. The van der Waals surface area contributed by atoms with Gasteiger partial charge >= 0.3 is 0 Å². The van der Waals surface area contributed by atoms with E-state index in [-0.39, 0.29) is 7.43 Å². The van der Waals surface area contributed by atoms with Gasteiger partial charge in [0.2, 0.25) is 0 Å². The molecule has 0 amide bonds. The van der Waals surface area contributed by atoms with Crippen LogP contribution < -0.4 is 0 Å². The van der Waals surface area contributed by atoms with E-state index in [1.54, 1.807) is 12.4 Å². The molecule has 0 unspecified atom stereocenters. The van der Waals surface area contributed by atoms with Crippen molar-refractivity contribution in [1.82, 2.24) is 4.98 Å². The zero-order valence-corrected chi connectivity index (χ0v) is 5.66. The maximum absolute atomic E-state index is 5.31. The van der Waals surface area contributed by atoms with Gasteiger partial charge < -0.3 is 4.42 Å². The Bertz CT molecular complexity index is 318. The van der Waals surface area contributed by atoms with Crippen molar-refractivity contribution in [3.05, 3.63) is 30.3 Å². The van der Waals surface area contributed by atoms with Crippen molar-refractivity contribution in [3.8, 4) is 0 Å². The molecule has 0 fully saturated rings. The highest BCUT2D eigenvalue weighted by atomic mass is 16.3. The van der Waals surface area contributed by atoms with Crippen molar-refractivity contribution in [2.24, 2.45) is 0 Å². The van der Waals surface area contributed by atoms with E-state index in [0.29, 0.717) is 0 Å². The molecule has 0 radical (unpaired) electrons. The van der Waals surface area contributed by atoms with Crippen LogP contribution in [0, 0.1) is 6.92 Å². The number of aromatic nitrogens is 1. The van der Waals surface area contributed by atoms with Crippen LogP contribution in [-0.4, -0.2) is 4.98 Å². The van der Waals surface area contributed by atoms with Crippen molar-refractivity contribution >= 4 is 11.0 Å². The molecule has 0 atom stereocenters. The predicted molar refractivity (Wildman–Crippen MR) is 45.5 cm³/mol. The second-order valence-corrected chi connectivity index (χ2v) is 2.27. The van der Waals surface area contributed by atoms with E-state index < -0.39 is 0 Å². The zero-order chi connectivity index (χ0) is 6.97. The average Bonchev–Trinajstić information content (AvgIpc) is 2.27. The molecule has 0 aromatic carbocycles. The number of aryl methyl sites for hydroxylation is 1. The number of pyridine rings is 1. The van der Waals surface area contributed by atoms with E-state index in [0.717, 1.165) is 16.7 Å². The largest absolute Gasteiger partial charge is 0.460 e. The maximum Gasteiger partial charge on any atom is 0.152 e. The van der Waals surface area contributed by atoms with Gasteiger partial charge in [0.25, 0.3) is 0 Å². The fourth-order valence-electron chi connectivity index (χ4n) is 1.02. The van der Waals surface area contributed by atoms with E-state index in [4.69, 9.17) is 4.42 Å². The molecule has 2 heterocycles. The molecule has 2 aromatic rings. The van der Waals surface area contributed by atoms with Gasteiger partial charge in [0, 0.05) is 11.6 Å². The summed E-state index contributed by atoms with van der Waals surface area (Å²) in [7, 11) is 0. The molecule has 0 aliphatic carbocycles. The number of rotatable bonds is 0. The van der Waals surface area contributed by atoms with Gasteiger partial charge in [-0.25, -0.2) is 0 Å². The first-order valence-electron chi connectivity index (χ1n) is 3.16. The second kappa shape index (κ2) is 2.74. The summed E-state index contributed by atoms with van der Waals surface area (Å²) in [5, 5.41) is 1.12. The minimum atomic E-state index is 0. The lowest BCUT2D eigenvalue weighted by Gasteiger charge is -1.81. The zero-order valence-electron chi connectivity index (χ0n) is 5.66. The highest BCUT2D eigenvalue weighted by Gasteiger charge is 1.96. The van der Waals surface area contributed by atoms with E-state index >= 15 is 0 Å². The maximum atomic E-state index is 5.31. The molecule has 2 nitrogen and oxygen atoms in total. The van der Waals surface area contributed by atoms with E-state index in [1.807, 2.05) is 19.1 Å². The number of furan rings is 1. The van der Waals surface area contributed by atoms with Crippen molar-refractivity contribution in [2.45, 2.75) is 14.4 Å². The molecule has 0 saturated heterocycles. The molecular weight excluding hydrogens is 138 g/mol. The Kier molecular flexibility index (Phi) is 1.94. The summed E-state index contributed by atoms with van der Waals surface area (Å²) in [5.41, 5.74) is 0.861. The first-order valence-corrected chi connectivity index (χ1v) is 3.16. The molecule has 0 aliphatic heterocycles. The van der Waals surface area contributed by atoms with Crippen LogP contribution in [0.2, 0.25) is 0 Å². The predicted octanol–water partition coefficient (Wildman–Crippen LogP) is 2.77. The smallest absolute Gasteiger partial charge is 0.152 e. The first-order chi connectivity index (χ1) is 4.86. The summed E-state index contributed by atoms with van der Waals surface area (Å²) in [5.74, 6) is 0.933. The van der Waals surface area contributed by atoms with Crippen LogP contribution >= 0.6 is 0 Å². The van der Waals surface area contributed by atoms with Crippen LogP contribution in [0.5, 0.6) is 0 Å². The van der Waals surface area contributed by atoms with Crippen molar-refractivity contribution < 1.29 is 4.42 Å². The Hall–Kier alpha value is -1.31. The van der Waals surface area contributed by atoms with Crippen molar-refractivity contribution in [1.29, 1.82) is 0 Å². The number of fused-ring (bicyclic) bond motifs is 1. The third-order valence-corrected chi connectivity index (χ3v) is 1.45. The van der Waals surface area contributed by atoms with E-state index in [9.17, 15) is 0 Å². The molecule has 0 aliphatic rings. The van der Waals surface area contributed by atoms with Gasteiger partial charge in [-0.1, -0.05) is 7.43 Å². The van der Waals surface area contributed by atoms with Crippen molar-refractivity contribution in [3.63, 3.8) is 0 Å². The van der Waals surface area contributed by atoms with E-state index in [1.165, 1.54) is 0 Å². The lowest BCUT2D eigenvalue weighted by Crippen LogP contribution is -1.65. The minimum Gasteiger partial charge on any atom is -0.460 e. The third kappa shape index (κ3) is 1.24. The Labute approximate surface area is 65.9 Å². The quantitative estimate of drug-likeness (QED) is 0.575. The van der Waals surface area contributed by atoms with Gasteiger partial charge in [0.05, 0.1) is 6.20 Å².